The molecule has 4 rings (SSSR count). The third-order valence-corrected chi connectivity index (χ3v) is 5.04. The first-order chi connectivity index (χ1) is 12.9. The van der Waals surface area contributed by atoms with E-state index in [2.05, 4.69) is 0 Å². The zero-order valence-electron chi connectivity index (χ0n) is 16.2. The standard InChI is InChI=1S/C22H25NO4/c1-14(2)27-18-9-7-17(8-10-18)13-23-20-16(4)6-5-15(3)19(20)22(21(23)24)25-11-12-26-22/h5-10,14H,11-13H2,1-4H3. The van der Waals surface area contributed by atoms with Crippen molar-refractivity contribution in [3.8, 4) is 5.75 Å². The zero-order valence-corrected chi connectivity index (χ0v) is 16.2. The highest BCUT2D eigenvalue weighted by Crippen LogP contribution is 2.49. The van der Waals surface area contributed by atoms with Gasteiger partial charge in [-0.3, -0.25) is 4.79 Å². The summed E-state index contributed by atoms with van der Waals surface area (Å²) in [7, 11) is 0. The molecule has 2 aromatic carbocycles. The van der Waals surface area contributed by atoms with E-state index < -0.39 is 5.79 Å². The van der Waals surface area contributed by atoms with Gasteiger partial charge in [0.2, 0.25) is 0 Å². The lowest BCUT2D eigenvalue weighted by Crippen LogP contribution is -2.41. The molecule has 27 heavy (non-hydrogen) atoms. The van der Waals surface area contributed by atoms with Gasteiger partial charge in [0, 0.05) is 5.56 Å². The Morgan fingerprint density at radius 3 is 2.30 bits per heavy atom. The molecule has 0 atom stereocenters. The second kappa shape index (κ2) is 6.66. The molecular formula is C22H25NO4. The molecule has 0 aromatic heterocycles. The van der Waals surface area contributed by atoms with Crippen LogP contribution in [0.25, 0.3) is 0 Å². The highest BCUT2D eigenvalue weighted by atomic mass is 16.7. The maximum Gasteiger partial charge on any atom is 0.292 e. The van der Waals surface area contributed by atoms with Crippen LogP contribution < -0.4 is 9.64 Å². The van der Waals surface area contributed by atoms with Crippen molar-refractivity contribution in [2.75, 3.05) is 18.1 Å². The molecule has 0 N–H and O–H groups in total. The van der Waals surface area contributed by atoms with Crippen LogP contribution in [0.2, 0.25) is 0 Å². The summed E-state index contributed by atoms with van der Waals surface area (Å²) in [6.45, 7) is 9.33. The first-order valence-corrected chi connectivity index (χ1v) is 9.38. The van der Waals surface area contributed by atoms with E-state index in [9.17, 15) is 4.79 Å². The van der Waals surface area contributed by atoms with Crippen LogP contribution in [0.4, 0.5) is 5.69 Å². The summed E-state index contributed by atoms with van der Waals surface area (Å²) in [5.74, 6) is -0.602. The average molecular weight is 367 g/mol. The van der Waals surface area contributed by atoms with Crippen molar-refractivity contribution in [1.29, 1.82) is 0 Å². The van der Waals surface area contributed by atoms with Crippen molar-refractivity contribution in [3.63, 3.8) is 0 Å². The van der Waals surface area contributed by atoms with Crippen LogP contribution in [0, 0.1) is 13.8 Å². The minimum atomic E-state index is -1.29. The van der Waals surface area contributed by atoms with Crippen LogP contribution in [0.5, 0.6) is 5.75 Å². The minimum absolute atomic E-state index is 0.130. The average Bonchev–Trinajstić information content (AvgIpc) is 3.20. The molecular weight excluding hydrogens is 342 g/mol. The molecule has 142 valence electrons. The lowest BCUT2D eigenvalue weighted by molar-refractivity contribution is -0.181. The Bertz CT molecular complexity index is 867. The van der Waals surface area contributed by atoms with Gasteiger partial charge in [0.05, 0.1) is 31.5 Å². The Morgan fingerprint density at radius 1 is 1.04 bits per heavy atom. The number of amides is 1. The fourth-order valence-electron chi connectivity index (χ4n) is 3.90. The smallest absolute Gasteiger partial charge is 0.292 e. The van der Waals surface area contributed by atoms with Gasteiger partial charge in [-0.2, -0.15) is 0 Å². The molecule has 2 aliphatic rings. The molecule has 1 fully saturated rings. The van der Waals surface area contributed by atoms with Gasteiger partial charge in [0.15, 0.2) is 0 Å². The normalized spacial score (nSPS) is 17.8. The summed E-state index contributed by atoms with van der Waals surface area (Å²) in [6, 6.07) is 11.9. The second-order valence-electron chi connectivity index (χ2n) is 7.44. The van der Waals surface area contributed by atoms with Gasteiger partial charge in [0.1, 0.15) is 5.75 Å². The zero-order chi connectivity index (χ0) is 19.2. The SMILES string of the molecule is Cc1ccc(C)c2c1N(Cc1ccc(OC(C)C)cc1)C(=O)C21OCCO1. The molecule has 0 radical (unpaired) electrons. The summed E-state index contributed by atoms with van der Waals surface area (Å²) >= 11 is 0. The molecule has 0 saturated carbocycles. The molecule has 5 nitrogen and oxygen atoms in total. The van der Waals surface area contributed by atoms with Gasteiger partial charge in [-0.1, -0.05) is 24.3 Å². The summed E-state index contributed by atoms with van der Waals surface area (Å²) in [5.41, 5.74) is 4.84. The predicted molar refractivity (Wildman–Crippen MR) is 103 cm³/mol. The molecule has 2 heterocycles. The first kappa shape index (κ1) is 18.0. The van der Waals surface area contributed by atoms with Crippen LogP contribution in [0.15, 0.2) is 36.4 Å². The van der Waals surface area contributed by atoms with Gasteiger partial charge in [0.25, 0.3) is 11.7 Å². The molecule has 2 aromatic rings. The van der Waals surface area contributed by atoms with Gasteiger partial charge in [-0.05, 0) is 56.5 Å². The van der Waals surface area contributed by atoms with E-state index in [1.807, 2.05) is 64.1 Å². The van der Waals surface area contributed by atoms with Crippen LogP contribution in [0.1, 0.15) is 36.1 Å². The van der Waals surface area contributed by atoms with Crippen LogP contribution in [-0.4, -0.2) is 25.2 Å². The second-order valence-corrected chi connectivity index (χ2v) is 7.44. The summed E-state index contributed by atoms with van der Waals surface area (Å²) < 4.78 is 17.5. The Hall–Kier alpha value is -2.37. The van der Waals surface area contributed by atoms with E-state index in [1.165, 1.54) is 0 Å². The lowest BCUT2D eigenvalue weighted by atomic mass is 9.98. The molecule has 0 aliphatic carbocycles. The number of nitrogens with zero attached hydrogens (tertiary/aromatic N) is 1. The molecule has 0 bridgehead atoms. The summed E-state index contributed by atoms with van der Waals surface area (Å²) in [6.07, 6.45) is 0.130. The number of aryl methyl sites for hydroxylation is 2. The van der Waals surface area contributed by atoms with Crippen LogP contribution in [-0.2, 0) is 26.6 Å². The van der Waals surface area contributed by atoms with Crippen molar-refractivity contribution >= 4 is 11.6 Å². The molecule has 1 saturated heterocycles. The minimum Gasteiger partial charge on any atom is -0.491 e. The molecule has 1 spiro atoms. The van der Waals surface area contributed by atoms with Crippen molar-refractivity contribution in [2.24, 2.45) is 0 Å². The number of rotatable bonds is 4. The summed E-state index contributed by atoms with van der Waals surface area (Å²) in [5, 5.41) is 0. The highest BCUT2D eigenvalue weighted by molar-refractivity contribution is 6.07. The maximum atomic E-state index is 13.4. The van der Waals surface area contributed by atoms with Crippen LogP contribution >= 0.6 is 0 Å². The number of benzene rings is 2. The Balaban J connectivity index is 1.70. The van der Waals surface area contributed by atoms with Crippen LogP contribution in [0.3, 0.4) is 0 Å². The number of fused-ring (bicyclic) bond motifs is 2. The van der Waals surface area contributed by atoms with E-state index >= 15 is 0 Å². The van der Waals surface area contributed by atoms with Gasteiger partial charge < -0.3 is 19.1 Å². The fraction of sp³-hybridized carbons (Fsp3) is 0.409. The number of hydrogen-bond donors (Lipinski definition) is 0. The third kappa shape index (κ3) is 2.91. The van der Waals surface area contributed by atoms with E-state index in [0.29, 0.717) is 19.8 Å². The maximum absolute atomic E-state index is 13.4. The third-order valence-electron chi connectivity index (χ3n) is 5.04. The topological polar surface area (TPSA) is 48.0 Å². The summed E-state index contributed by atoms with van der Waals surface area (Å²) in [4.78, 5) is 15.2. The van der Waals surface area contributed by atoms with E-state index in [1.54, 1.807) is 4.90 Å². The number of hydrogen-bond acceptors (Lipinski definition) is 4. The molecule has 1 amide bonds. The largest absolute Gasteiger partial charge is 0.491 e. The predicted octanol–water partition coefficient (Wildman–Crippen LogP) is 3.84. The number of carbonyl (C=O) groups is 1. The van der Waals surface area contributed by atoms with Crippen molar-refractivity contribution in [1.82, 2.24) is 0 Å². The first-order valence-electron chi connectivity index (χ1n) is 9.38. The van der Waals surface area contributed by atoms with E-state index in [4.69, 9.17) is 14.2 Å². The molecule has 0 unspecified atom stereocenters. The van der Waals surface area contributed by atoms with Gasteiger partial charge >= 0.3 is 0 Å². The molecule has 5 heteroatoms. The monoisotopic (exact) mass is 367 g/mol. The fourth-order valence-corrected chi connectivity index (χ4v) is 3.90. The van der Waals surface area contributed by atoms with E-state index in [0.717, 1.165) is 33.7 Å². The van der Waals surface area contributed by atoms with Crippen molar-refractivity contribution < 1.29 is 19.0 Å². The Labute approximate surface area is 159 Å². The number of ether oxygens (including phenoxy) is 3. The molecule has 2 aliphatic heterocycles. The number of carbonyl (C=O) groups excluding carboxylic acids is 1. The number of anilines is 1. The van der Waals surface area contributed by atoms with Crippen molar-refractivity contribution in [2.45, 2.75) is 46.1 Å². The van der Waals surface area contributed by atoms with Gasteiger partial charge in [-0.15, -0.1) is 0 Å². The quantitative estimate of drug-likeness (QED) is 0.824. The van der Waals surface area contributed by atoms with Crippen molar-refractivity contribution in [3.05, 3.63) is 58.7 Å². The van der Waals surface area contributed by atoms with Gasteiger partial charge in [-0.25, -0.2) is 0 Å². The Morgan fingerprint density at radius 2 is 1.67 bits per heavy atom. The van der Waals surface area contributed by atoms with E-state index in [-0.39, 0.29) is 12.0 Å². The lowest BCUT2D eigenvalue weighted by Gasteiger charge is -2.22. The Kier molecular flexibility index (Phi) is 4.44. The highest BCUT2D eigenvalue weighted by Gasteiger charge is 2.57.